The van der Waals surface area contributed by atoms with Crippen molar-refractivity contribution >= 4 is 34.2 Å². The van der Waals surface area contributed by atoms with Crippen molar-refractivity contribution in [2.24, 2.45) is 0 Å². The van der Waals surface area contributed by atoms with Gasteiger partial charge in [-0.1, -0.05) is 0 Å². The molecule has 5 heterocycles. The van der Waals surface area contributed by atoms with E-state index in [4.69, 9.17) is 9.47 Å². The highest BCUT2D eigenvalue weighted by Crippen LogP contribution is 2.47. The Morgan fingerprint density at radius 3 is 0.914 bits per heavy atom. The van der Waals surface area contributed by atoms with Gasteiger partial charge in [0.05, 0.1) is 44.7 Å². The third-order valence-electron chi connectivity index (χ3n) is 10.8. The molecule has 8 bridgehead atoms. The molecule has 0 radical (unpaired) electrons. The van der Waals surface area contributed by atoms with E-state index in [2.05, 4.69) is 19.9 Å². The van der Waals surface area contributed by atoms with E-state index in [1.54, 1.807) is 0 Å². The fourth-order valence-electron chi connectivity index (χ4n) is 7.66. The van der Waals surface area contributed by atoms with Gasteiger partial charge in [-0.2, -0.15) is 0 Å². The van der Waals surface area contributed by atoms with Gasteiger partial charge in [0.1, 0.15) is 5.69 Å². The summed E-state index contributed by atoms with van der Waals surface area (Å²) in [6, 6.07) is 2.29. The predicted molar refractivity (Wildman–Crippen MR) is 201 cm³/mol. The van der Waals surface area contributed by atoms with Crippen molar-refractivity contribution in [3.8, 4) is 50.4 Å². The van der Waals surface area contributed by atoms with Crippen molar-refractivity contribution in [3.05, 3.63) is 158 Å². The summed E-state index contributed by atoms with van der Waals surface area (Å²) in [5.41, 5.74) is -20.8. The Hall–Kier alpha value is -7.90. The molecule has 1 unspecified atom stereocenters. The van der Waals surface area contributed by atoms with Crippen molar-refractivity contribution in [2.75, 3.05) is 7.11 Å². The standard InChI is InChI=1S/C44H12F20N4O2/c1-69-44-42-16(20-26(49)34(57)40(63)35(58)27(20)50)12-6-4-10(66-12)14(18-22(45)30(53)38(61)31(54)23(18)46)8-2-3-9(65-8)15(19-24(47)32(55)39(62)33(56)25(19)48)11-5-7-13(67-11)17(43(68-42)70-44)21-28(51)36(59)41(64)37(60)29(21)52/h2-7,44,66-67H,1H3. The second-order valence-electron chi connectivity index (χ2n) is 14.6. The average Bonchev–Trinajstić information content (AvgIpc) is 4.20. The van der Waals surface area contributed by atoms with Crippen molar-refractivity contribution < 1.29 is 97.3 Å². The van der Waals surface area contributed by atoms with Crippen LogP contribution in [0.5, 0.6) is 5.88 Å². The molecule has 0 amide bonds. The van der Waals surface area contributed by atoms with Gasteiger partial charge in [0.2, 0.25) is 35.4 Å². The Labute approximate surface area is 372 Å². The first-order chi connectivity index (χ1) is 33.0. The van der Waals surface area contributed by atoms with Crippen LogP contribution in [-0.4, -0.2) is 27.0 Å². The van der Waals surface area contributed by atoms with Gasteiger partial charge >= 0.3 is 0 Å². The lowest BCUT2D eigenvalue weighted by atomic mass is 10.0. The lowest BCUT2D eigenvalue weighted by Crippen LogP contribution is -2.10. The van der Waals surface area contributed by atoms with Crippen LogP contribution in [0.25, 0.3) is 78.7 Å². The first-order valence-electron chi connectivity index (χ1n) is 18.8. The number of hydrogen-bond donors (Lipinski definition) is 2. The molecule has 9 rings (SSSR count). The van der Waals surface area contributed by atoms with Gasteiger partial charge in [-0.15, -0.1) is 0 Å². The summed E-state index contributed by atoms with van der Waals surface area (Å²) in [7, 11) is 0.672. The zero-order valence-corrected chi connectivity index (χ0v) is 33.3. The monoisotopic (exact) mass is 1010 g/mol. The maximum absolute atomic E-state index is 16.0. The average molecular weight is 1010 g/mol. The molecule has 0 saturated heterocycles. The van der Waals surface area contributed by atoms with Crippen molar-refractivity contribution in [3.63, 3.8) is 0 Å². The Morgan fingerprint density at radius 2 is 0.600 bits per heavy atom. The minimum absolute atomic E-state index is 0.556. The fraction of sp³-hybridized carbons (Fsp3) is 0.0455. The molecule has 2 aliphatic heterocycles. The van der Waals surface area contributed by atoms with Gasteiger partial charge < -0.3 is 19.4 Å². The van der Waals surface area contributed by atoms with Crippen LogP contribution in [0, 0.1) is 116 Å². The van der Waals surface area contributed by atoms with Crippen LogP contribution in [0.4, 0.5) is 87.8 Å². The highest BCUT2D eigenvalue weighted by atomic mass is 19.2. The number of benzene rings is 4. The number of hydrogen-bond acceptors (Lipinski definition) is 4. The molecule has 0 spiro atoms. The zero-order chi connectivity index (χ0) is 50.8. The number of ether oxygens (including phenoxy) is 2. The third kappa shape index (κ3) is 6.69. The van der Waals surface area contributed by atoms with E-state index in [-0.39, 0.29) is 0 Å². The molecule has 6 nitrogen and oxygen atoms in total. The highest BCUT2D eigenvalue weighted by molar-refractivity contribution is 5.98. The molecule has 0 aliphatic carbocycles. The van der Waals surface area contributed by atoms with Crippen molar-refractivity contribution in [2.45, 2.75) is 6.29 Å². The van der Waals surface area contributed by atoms with E-state index < -0.39 is 212 Å². The van der Waals surface area contributed by atoms with E-state index >= 15 is 52.7 Å². The molecule has 7 aromatic rings. The zero-order valence-electron chi connectivity index (χ0n) is 33.3. The lowest BCUT2D eigenvalue weighted by molar-refractivity contribution is -0.0464. The summed E-state index contributed by atoms with van der Waals surface area (Å²) in [5, 5.41) is 0. The third-order valence-corrected chi connectivity index (χ3v) is 10.8. The second kappa shape index (κ2) is 16.7. The van der Waals surface area contributed by atoms with E-state index in [9.17, 15) is 35.1 Å². The quantitative estimate of drug-likeness (QED) is 0.102. The lowest BCUT2D eigenvalue weighted by Gasteiger charge is -2.14. The minimum atomic E-state index is -2.76. The number of aromatic nitrogens is 4. The Morgan fingerprint density at radius 1 is 0.343 bits per heavy atom. The highest BCUT2D eigenvalue weighted by Gasteiger charge is 2.38. The predicted octanol–water partition coefficient (Wildman–Crippen LogP) is 13.7. The molecular formula is C44H12F20N4O2. The summed E-state index contributed by atoms with van der Waals surface area (Å²) in [4.78, 5) is 12.2. The van der Waals surface area contributed by atoms with Crippen LogP contribution in [-0.2, 0) is 4.74 Å². The first kappa shape index (κ1) is 47.2. The molecule has 70 heavy (non-hydrogen) atoms. The number of rotatable bonds is 5. The number of nitrogens with one attached hydrogen (secondary N) is 2. The normalized spacial score (nSPS) is 13.5. The van der Waals surface area contributed by atoms with Gasteiger partial charge in [0.25, 0.3) is 0 Å². The van der Waals surface area contributed by atoms with Crippen molar-refractivity contribution in [1.29, 1.82) is 0 Å². The molecular weight excluding hydrogens is 996 g/mol. The number of halogens is 20. The number of nitrogens with zero attached hydrogens (tertiary/aromatic N) is 2. The number of aromatic amines is 2. The number of fused-ring (bicyclic) bond motifs is 8. The van der Waals surface area contributed by atoms with E-state index in [1.165, 1.54) is 0 Å². The Bertz CT molecular complexity index is 3600. The van der Waals surface area contributed by atoms with Crippen LogP contribution >= 0.6 is 0 Å². The van der Waals surface area contributed by atoms with Gasteiger partial charge in [0.15, 0.2) is 93.1 Å². The molecule has 26 heteroatoms. The topological polar surface area (TPSA) is 75.8 Å². The molecule has 2 aliphatic rings. The summed E-state index contributed by atoms with van der Waals surface area (Å²) in [5.74, 6) is -55.0. The number of methoxy groups -OCH3 is 1. The summed E-state index contributed by atoms with van der Waals surface area (Å²) >= 11 is 0. The van der Waals surface area contributed by atoms with Crippen molar-refractivity contribution in [1.82, 2.24) is 19.9 Å². The number of H-pyrrole nitrogens is 2. The van der Waals surface area contributed by atoms with Gasteiger partial charge in [-0.25, -0.2) is 97.8 Å². The van der Waals surface area contributed by atoms with Crippen LogP contribution < -0.4 is 4.74 Å². The van der Waals surface area contributed by atoms with Crippen LogP contribution in [0.3, 0.4) is 0 Å². The van der Waals surface area contributed by atoms with E-state index in [0.717, 1.165) is 0 Å². The summed E-state index contributed by atoms with van der Waals surface area (Å²) in [6.07, 6.45) is -1.30. The van der Waals surface area contributed by atoms with E-state index in [1.807, 2.05) is 0 Å². The van der Waals surface area contributed by atoms with Gasteiger partial charge in [-0.3, -0.25) is 0 Å². The first-order valence-corrected chi connectivity index (χ1v) is 18.8. The maximum atomic E-state index is 16.0. The fourth-order valence-corrected chi connectivity index (χ4v) is 7.66. The molecule has 360 valence electrons. The van der Waals surface area contributed by atoms with Gasteiger partial charge in [-0.05, 0) is 36.4 Å². The second-order valence-corrected chi connectivity index (χ2v) is 14.6. The van der Waals surface area contributed by atoms with Crippen LogP contribution in [0.2, 0.25) is 0 Å². The smallest absolute Gasteiger partial charge is 0.246 e. The van der Waals surface area contributed by atoms with Gasteiger partial charge in [0, 0.05) is 40.4 Å². The van der Waals surface area contributed by atoms with Crippen LogP contribution in [0.1, 0.15) is 23.4 Å². The maximum Gasteiger partial charge on any atom is 0.246 e. The molecule has 3 aromatic heterocycles. The molecule has 0 fully saturated rings. The Balaban J connectivity index is 1.62. The summed E-state index contributed by atoms with van der Waals surface area (Å²) in [6.45, 7) is 0. The summed E-state index contributed by atoms with van der Waals surface area (Å²) < 4.78 is 315. The molecule has 4 aromatic carbocycles. The molecule has 1 atom stereocenters. The SMILES string of the molecule is COC1Oc2nc1c(-c1c(F)c(F)c(F)c(F)c1F)c1ccc([nH]1)c(-c1c(F)c(F)c(F)c(F)c1F)c1nc(c(-c3c(F)c(F)c(F)c(F)c3F)c3ccc([nH]3)c2-c2c(F)c(F)c(F)c(F)c2F)C=C1. The molecule has 0 saturated carbocycles. The Kier molecular flexibility index (Phi) is 11.2. The molecule has 2 N–H and O–H groups in total. The van der Waals surface area contributed by atoms with E-state index in [0.29, 0.717) is 43.5 Å². The van der Waals surface area contributed by atoms with Crippen LogP contribution in [0.15, 0.2) is 24.3 Å². The largest absolute Gasteiger partial charge is 0.441 e. The minimum Gasteiger partial charge on any atom is -0.441 e.